The fraction of sp³-hybridized carbons (Fsp3) is 0.182. The summed E-state index contributed by atoms with van der Waals surface area (Å²) in [4.78, 5) is 10.5. The minimum Gasteiger partial charge on any atom is -0.481 e. The first-order valence-electron chi connectivity index (χ1n) is 4.23. The number of aliphatic hydroxyl groups is 1. The molecule has 0 fully saturated rings. The molecule has 15 heavy (non-hydrogen) atoms. The van der Waals surface area contributed by atoms with Gasteiger partial charge >= 0.3 is 5.97 Å². The highest BCUT2D eigenvalue weighted by molar-refractivity contribution is 5.71. The molecule has 0 aliphatic carbocycles. The highest BCUT2D eigenvalue weighted by atomic mass is 19.1. The minimum absolute atomic E-state index is 0.213. The third-order valence-corrected chi connectivity index (χ3v) is 1.72. The smallest absolute Gasteiger partial charge is 0.307 e. The molecular weight excluding hydrogens is 199 g/mol. The zero-order valence-electron chi connectivity index (χ0n) is 7.83. The molecule has 0 saturated heterocycles. The second kappa shape index (κ2) is 5.13. The summed E-state index contributed by atoms with van der Waals surface area (Å²) in [6.07, 6.45) is -0.213. The molecule has 0 amide bonds. The summed E-state index contributed by atoms with van der Waals surface area (Å²) in [5.74, 6) is 3.37. The van der Waals surface area contributed by atoms with Crippen LogP contribution in [0.1, 0.15) is 11.1 Å². The third kappa shape index (κ3) is 3.41. The van der Waals surface area contributed by atoms with Gasteiger partial charge in [-0.1, -0.05) is 17.9 Å². The van der Waals surface area contributed by atoms with Crippen LogP contribution in [0.4, 0.5) is 4.39 Å². The van der Waals surface area contributed by atoms with Gasteiger partial charge in [-0.05, 0) is 17.7 Å². The summed E-state index contributed by atoms with van der Waals surface area (Å²) in [7, 11) is 0. The van der Waals surface area contributed by atoms with Gasteiger partial charge in [0.2, 0.25) is 0 Å². The van der Waals surface area contributed by atoms with E-state index >= 15 is 0 Å². The molecule has 1 rings (SSSR count). The van der Waals surface area contributed by atoms with Crippen LogP contribution in [0.2, 0.25) is 0 Å². The fourth-order valence-corrected chi connectivity index (χ4v) is 1.12. The first-order chi connectivity index (χ1) is 7.13. The number of hydrogen-bond acceptors (Lipinski definition) is 2. The van der Waals surface area contributed by atoms with Gasteiger partial charge in [0.05, 0.1) is 6.42 Å². The van der Waals surface area contributed by atoms with Crippen molar-refractivity contribution >= 4 is 5.97 Å². The summed E-state index contributed by atoms with van der Waals surface area (Å²) in [6, 6.07) is 3.72. The number of benzene rings is 1. The molecular formula is C11H9FO3. The van der Waals surface area contributed by atoms with Crippen molar-refractivity contribution in [2.75, 3.05) is 6.61 Å². The van der Waals surface area contributed by atoms with E-state index in [9.17, 15) is 9.18 Å². The summed E-state index contributed by atoms with van der Waals surface area (Å²) in [6.45, 7) is -0.344. The Kier molecular flexibility index (Phi) is 3.83. The van der Waals surface area contributed by atoms with Gasteiger partial charge in [-0.15, -0.1) is 0 Å². The minimum atomic E-state index is -1.01. The van der Waals surface area contributed by atoms with Crippen LogP contribution >= 0.6 is 0 Å². The van der Waals surface area contributed by atoms with Crippen LogP contribution in [0.15, 0.2) is 18.2 Å². The summed E-state index contributed by atoms with van der Waals surface area (Å²) >= 11 is 0. The molecule has 0 aliphatic rings. The van der Waals surface area contributed by atoms with Gasteiger partial charge in [-0.25, -0.2) is 4.39 Å². The van der Waals surface area contributed by atoms with Crippen molar-refractivity contribution in [3.63, 3.8) is 0 Å². The van der Waals surface area contributed by atoms with Crippen molar-refractivity contribution in [2.24, 2.45) is 0 Å². The normalized spacial score (nSPS) is 9.20. The highest BCUT2D eigenvalue weighted by Gasteiger charge is 2.06. The van der Waals surface area contributed by atoms with Crippen LogP contribution in [0, 0.1) is 17.7 Å². The van der Waals surface area contributed by atoms with E-state index in [0.29, 0.717) is 11.1 Å². The lowest BCUT2D eigenvalue weighted by atomic mass is 10.0. The number of aliphatic hydroxyl groups excluding tert-OH is 1. The van der Waals surface area contributed by atoms with E-state index in [2.05, 4.69) is 11.8 Å². The Bertz CT molecular complexity index is 429. The van der Waals surface area contributed by atoms with Crippen LogP contribution in [-0.2, 0) is 11.2 Å². The van der Waals surface area contributed by atoms with Gasteiger partial charge in [0, 0.05) is 5.56 Å². The molecule has 0 saturated carbocycles. The first-order valence-corrected chi connectivity index (χ1v) is 4.23. The maximum atomic E-state index is 12.8. The second-order valence-electron chi connectivity index (χ2n) is 2.83. The molecule has 78 valence electrons. The van der Waals surface area contributed by atoms with Gasteiger partial charge in [0.15, 0.2) is 0 Å². The average molecular weight is 208 g/mol. The zero-order chi connectivity index (χ0) is 11.3. The molecule has 0 spiro atoms. The number of carboxylic acids is 1. The topological polar surface area (TPSA) is 57.5 Å². The number of halogens is 1. The van der Waals surface area contributed by atoms with Gasteiger partial charge in [-0.2, -0.15) is 0 Å². The Labute approximate surface area is 86.2 Å². The number of rotatable bonds is 2. The average Bonchev–Trinajstić information content (AvgIpc) is 2.18. The van der Waals surface area contributed by atoms with Gasteiger partial charge in [0.1, 0.15) is 12.4 Å². The van der Waals surface area contributed by atoms with E-state index in [0.717, 1.165) is 6.07 Å². The predicted molar refractivity (Wildman–Crippen MR) is 51.7 cm³/mol. The monoisotopic (exact) mass is 208 g/mol. The largest absolute Gasteiger partial charge is 0.481 e. The molecule has 1 aromatic carbocycles. The molecule has 0 aromatic heterocycles. The summed E-state index contributed by atoms with van der Waals surface area (Å²) in [5.41, 5.74) is 0.733. The van der Waals surface area contributed by atoms with Crippen molar-refractivity contribution in [1.29, 1.82) is 0 Å². The van der Waals surface area contributed by atoms with Crippen molar-refractivity contribution in [2.45, 2.75) is 6.42 Å². The van der Waals surface area contributed by atoms with E-state index in [1.165, 1.54) is 12.1 Å². The van der Waals surface area contributed by atoms with E-state index in [1.807, 2.05) is 0 Å². The highest BCUT2D eigenvalue weighted by Crippen LogP contribution is 2.11. The number of carboxylic acid groups (broad SMARTS) is 1. The molecule has 0 radical (unpaired) electrons. The van der Waals surface area contributed by atoms with Gasteiger partial charge < -0.3 is 10.2 Å². The first kappa shape index (κ1) is 11.2. The van der Waals surface area contributed by atoms with Gasteiger partial charge in [0.25, 0.3) is 0 Å². The predicted octanol–water partition coefficient (Wildman–Crippen LogP) is 0.797. The zero-order valence-corrected chi connectivity index (χ0v) is 7.83. The summed E-state index contributed by atoms with van der Waals surface area (Å²) in [5, 5.41) is 17.1. The van der Waals surface area contributed by atoms with E-state index in [1.54, 1.807) is 0 Å². The van der Waals surface area contributed by atoms with Crippen LogP contribution in [0.5, 0.6) is 0 Å². The Hall–Kier alpha value is -1.86. The Morgan fingerprint density at radius 1 is 1.47 bits per heavy atom. The number of aliphatic carboxylic acids is 1. The van der Waals surface area contributed by atoms with Crippen LogP contribution in [0.3, 0.4) is 0 Å². The molecule has 1 aromatic rings. The number of hydrogen-bond donors (Lipinski definition) is 2. The molecule has 0 atom stereocenters. The van der Waals surface area contributed by atoms with Gasteiger partial charge in [-0.3, -0.25) is 4.79 Å². The van der Waals surface area contributed by atoms with Crippen LogP contribution < -0.4 is 0 Å². The van der Waals surface area contributed by atoms with Crippen LogP contribution in [-0.4, -0.2) is 22.8 Å². The molecule has 0 aliphatic heterocycles. The Balaban J connectivity index is 3.08. The van der Waals surface area contributed by atoms with Crippen molar-refractivity contribution in [3.8, 4) is 11.8 Å². The quantitative estimate of drug-likeness (QED) is 0.707. The molecule has 0 heterocycles. The summed E-state index contributed by atoms with van der Waals surface area (Å²) < 4.78 is 12.8. The molecule has 2 N–H and O–H groups in total. The maximum absolute atomic E-state index is 12.8. The number of carbonyl (C=O) groups is 1. The van der Waals surface area contributed by atoms with Crippen molar-refractivity contribution in [1.82, 2.24) is 0 Å². The molecule has 0 bridgehead atoms. The van der Waals surface area contributed by atoms with Crippen LogP contribution in [0.25, 0.3) is 0 Å². The van der Waals surface area contributed by atoms with Crippen molar-refractivity contribution < 1.29 is 19.4 Å². The van der Waals surface area contributed by atoms with E-state index in [-0.39, 0.29) is 13.0 Å². The third-order valence-electron chi connectivity index (χ3n) is 1.72. The molecule has 3 nitrogen and oxygen atoms in total. The Morgan fingerprint density at radius 3 is 2.80 bits per heavy atom. The lowest BCUT2D eigenvalue weighted by Gasteiger charge is -2.01. The second-order valence-corrected chi connectivity index (χ2v) is 2.83. The maximum Gasteiger partial charge on any atom is 0.307 e. The van der Waals surface area contributed by atoms with Crippen molar-refractivity contribution in [3.05, 3.63) is 35.1 Å². The fourth-order valence-electron chi connectivity index (χ4n) is 1.12. The molecule has 0 unspecified atom stereocenters. The molecule has 4 heteroatoms. The SMILES string of the molecule is O=C(O)Cc1ccc(F)cc1C#CCO. The Morgan fingerprint density at radius 2 is 2.20 bits per heavy atom. The lowest BCUT2D eigenvalue weighted by Crippen LogP contribution is -2.02. The van der Waals surface area contributed by atoms with E-state index in [4.69, 9.17) is 10.2 Å². The standard InChI is InChI=1S/C11H9FO3/c12-10-4-3-9(7-11(14)15)8(6-10)2-1-5-13/h3-4,6,13H,5,7H2,(H,14,15). The van der Waals surface area contributed by atoms with E-state index < -0.39 is 11.8 Å². The lowest BCUT2D eigenvalue weighted by molar-refractivity contribution is -0.136.